The lowest BCUT2D eigenvalue weighted by atomic mass is 10.1. The highest BCUT2D eigenvalue weighted by Gasteiger charge is 2.26. The fraction of sp³-hybridized carbons (Fsp3) is 0.389. The minimum atomic E-state index is -0.464. The molecule has 0 saturated carbocycles. The number of nitro benzene ring substituents is 1. The van der Waals surface area contributed by atoms with E-state index in [4.69, 9.17) is 0 Å². The Kier molecular flexibility index (Phi) is 4.79. The summed E-state index contributed by atoms with van der Waals surface area (Å²) in [6, 6.07) is 4.59. The molecule has 0 N–H and O–H groups in total. The first-order chi connectivity index (χ1) is 14.0. The molecule has 0 atom stereocenters. The summed E-state index contributed by atoms with van der Waals surface area (Å²) in [5, 5.41) is 19.5. The number of amides is 1. The van der Waals surface area contributed by atoms with Crippen LogP contribution in [0.15, 0.2) is 24.5 Å². The molecule has 150 valence electrons. The molecule has 0 unspecified atom stereocenters. The quantitative estimate of drug-likeness (QED) is 0.479. The van der Waals surface area contributed by atoms with Gasteiger partial charge >= 0.3 is 0 Å². The van der Waals surface area contributed by atoms with Crippen LogP contribution in [0.5, 0.6) is 0 Å². The second kappa shape index (κ2) is 7.41. The van der Waals surface area contributed by atoms with Crippen molar-refractivity contribution in [3.63, 3.8) is 0 Å². The van der Waals surface area contributed by atoms with Crippen LogP contribution in [0.2, 0.25) is 0 Å². The first-order valence-corrected chi connectivity index (χ1v) is 9.33. The molecule has 3 heterocycles. The molecular formula is C18H20N8O3. The van der Waals surface area contributed by atoms with Gasteiger partial charge in [0.1, 0.15) is 6.33 Å². The topological polar surface area (TPSA) is 123 Å². The summed E-state index contributed by atoms with van der Waals surface area (Å²) in [5.74, 6) is 0.491. The molecule has 11 nitrogen and oxygen atoms in total. The number of aryl methyl sites for hydroxylation is 2. The molecule has 1 amide bonds. The van der Waals surface area contributed by atoms with Gasteiger partial charge < -0.3 is 9.80 Å². The summed E-state index contributed by atoms with van der Waals surface area (Å²) in [4.78, 5) is 35.9. The monoisotopic (exact) mass is 396 g/mol. The van der Waals surface area contributed by atoms with Gasteiger partial charge in [-0.1, -0.05) is 11.3 Å². The van der Waals surface area contributed by atoms with Gasteiger partial charge in [0.25, 0.3) is 11.6 Å². The Morgan fingerprint density at radius 1 is 1.21 bits per heavy atom. The predicted octanol–water partition coefficient (Wildman–Crippen LogP) is 1.42. The van der Waals surface area contributed by atoms with Gasteiger partial charge in [-0.25, -0.2) is 14.6 Å². The highest BCUT2D eigenvalue weighted by atomic mass is 16.6. The molecule has 1 aliphatic rings. The number of fused-ring (bicyclic) bond motifs is 1. The van der Waals surface area contributed by atoms with Crippen molar-refractivity contribution >= 4 is 28.6 Å². The SMILES string of the molecule is CCn1nnc2c(N3CCN(C(=O)c4ccc(C)c([N+](=O)[O-])c4)CC3)ncnc21. The maximum atomic E-state index is 12.8. The van der Waals surface area contributed by atoms with E-state index < -0.39 is 4.92 Å². The number of carbonyl (C=O) groups is 1. The number of hydrogen-bond acceptors (Lipinski definition) is 8. The van der Waals surface area contributed by atoms with Crippen LogP contribution < -0.4 is 4.90 Å². The minimum absolute atomic E-state index is 0.0446. The molecule has 0 bridgehead atoms. The van der Waals surface area contributed by atoms with Gasteiger partial charge in [0.15, 0.2) is 17.0 Å². The van der Waals surface area contributed by atoms with Gasteiger partial charge in [-0.3, -0.25) is 14.9 Å². The minimum Gasteiger partial charge on any atom is -0.351 e. The number of carbonyl (C=O) groups excluding carboxylic acids is 1. The van der Waals surface area contributed by atoms with Crippen molar-refractivity contribution in [2.24, 2.45) is 0 Å². The van der Waals surface area contributed by atoms with Crippen molar-refractivity contribution in [1.29, 1.82) is 0 Å². The molecule has 1 aliphatic heterocycles. The maximum Gasteiger partial charge on any atom is 0.273 e. The Bertz CT molecular complexity index is 1090. The molecule has 0 aliphatic carbocycles. The summed E-state index contributed by atoms with van der Waals surface area (Å²) < 4.78 is 1.71. The number of nitro groups is 1. The Morgan fingerprint density at radius 2 is 1.97 bits per heavy atom. The van der Waals surface area contributed by atoms with Crippen LogP contribution >= 0.6 is 0 Å². The van der Waals surface area contributed by atoms with Gasteiger partial charge in [0.05, 0.1) is 4.92 Å². The molecule has 0 spiro atoms. The normalized spacial score (nSPS) is 14.4. The van der Waals surface area contributed by atoms with Crippen LogP contribution in [0, 0.1) is 17.0 Å². The highest BCUT2D eigenvalue weighted by molar-refractivity contribution is 5.95. The van der Waals surface area contributed by atoms with E-state index in [9.17, 15) is 14.9 Å². The molecule has 1 fully saturated rings. The predicted molar refractivity (Wildman–Crippen MR) is 105 cm³/mol. The van der Waals surface area contributed by atoms with Gasteiger partial charge in [0.2, 0.25) is 0 Å². The molecule has 4 rings (SSSR count). The number of benzene rings is 1. The number of piperazine rings is 1. The van der Waals surface area contributed by atoms with Crippen molar-refractivity contribution in [2.45, 2.75) is 20.4 Å². The van der Waals surface area contributed by atoms with Crippen LogP contribution in [0.4, 0.5) is 11.5 Å². The van der Waals surface area contributed by atoms with E-state index in [1.807, 2.05) is 6.92 Å². The van der Waals surface area contributed by atoms with Crippen LogP contribution in [0.25, 0.3) is 11.2 Å². The lowest BCUT2D eigenvalue weighted by molar-refractivity contribution is -0.385. The standard InChI is InChI=1S/C18H20N8O3/c1-3-25-17-15(21-22-25)16(19-11-20-17)23-6-8-24(9-7-23)18(27)13-5-4-12(2)14(10-13)26(28)29/h4-5,10-11H,3,6-9H2,1-2H3. The number of nitrogens with zero attached hydrogens (tertiary/aromatic N) is 8. The summed E-state index contributed by atoms with van der Waals surface area (Å²) in [6.45, 7) is 6.40. The van der Waals surface area contributed by atoms with Crippen molar-refractivity contribution < 1.29 is 9.72 Å². The van der Waals surface area contributed by atoms with Crippen LogP contribution in [0.1, 0.15) is 22.8 Å². The van der Waals surface area contributed by atoms with E-state index in [1.54, 1.807) is 28.6 Å². The van der Waals surface area contributed by atoms with Crippen LogP contribution in [-0.2, 0) is 6.54 Å². The van der Waals surface area contributed by atoms with Gasteiger partial charge in [0, 0.05) is 49.9 Å². The third-order valence-corrected chi connectivity index (χ3v) is 5.10. The average molecular weight is 396 g/mol. The lowest BCUT2D eigenvalue weighted by Gasteiger charge is -2.35. The molecule has 0 radical (unpaired) electrons. The number of hydrogen-bond donors (Lipinski definition) is 0. The summed E-state index contributed by atoms with van der Waals surface area (Å²) in [6.07, 6.45) is 1.50. The van der Waals surface area contributed by atoms with Crippen LogP contribution in [0.3, 0.4) is 0 Å². The molecule has 11 heteroatoms. The van der Waals surface area contributed by atoms with E-state index in [0.717, 1.165) is 0 Å². The van der Waals surface area contributed by atoms with Crippen molar-refractivity contribution in [1.82, 2.24) is 29.9 Å². The van der Waals surface area contributed by atoms with Crippen LogP contribution in [-0.4, -0.2) is 66.9 Å². The van der Waals surface area contributed by atoms with Gasteiger partial charge in [-0.05, 0) is 19.9 Å². The number of anilines is 1. The fourth-order valence-corrected chi connectivity index (χ4v) is 3.47. The number of aromatic nitrogens is 5. The largest absolute Gasteiger partial charge is 0.351 e. The lowest BCUT2D eigenvalue weighted by Crippen LogP contribution is -2.49. The van der Waals surface area contributed by atoms with Crippen molar-refractivity contribution in [3.8, 4) is 0 Å². The Morgan fingerprint density at radius 3 is 2.66 bits per heavy atom. The number of rotatable bonds is 4. The summed E-state index contributed by atoms with van der Waals surface area (Å²) >= 11 is 0. The third-order valence-electron chi connectivity index (χ3n) is 5.10. The average Bonchev–Trinajstić information content (AvgIpc) is 3.17. The van der Waals surface area contributed by atoms with Crippen molar-refractivity contribution in [3.05, 3.63) is 45.8 Å². The summed E-state index contributed by atoms with van der Waals surface area (Å²) in [7, 11) is 0. The second-order valence-electron chi connectivity index (χ2n) is 6.81. The maximum absolute atomic E-state index is 12.8. The Balaban J connectivity index is 1.50. The Hall–Kier alpha value is -3.63. The molecule has 1 saturated heterocycles. The summed E-state index contributed by atoms with van der Waals surface area (Å²) in [5.41, 5.74) is 2.14. The molecule has 29 heavy (non-hydrogen) atoms. The zero-order valence-corrected chi connectivity index (χ0v) is 16.1. The zero-order valence-electron chi connectivity index (χ0n) is 16.1. The van der Waals surface area contributed by atoms with E-state index in [2.05, 4.69) is 25.2 Å². The highest BCUT2D eigenvalue weighted by Crippen LogP contribution is 2.23. The van der Waals surface area contributed by atoms with Gasteiger partial charge in [-0.15, -0.1) is 5.10 Å². The molecule has 3 aromatic rings. The first-order valence-electron chi connectivity index (χ1n) is 9.33. The van der Waals surface area contributed by atoms with Crippen molar-refractivity contribution in [2.75, 3.05) is 31.1 Å². The second-order valence-corrected chi connectivity index (χ2v) is 6.81. The third kappa shape index (κ3) is 3.35. The molecule has 2 aromatic heterocycles. The van der Waals surface area contributed by atoms with E-state index in [-0.39, 0.29) is 11.6 Å². The fourth-order valence-electron chi connectivity index (χ4n) is 3.47. The van der Waals surface area contributed by atoms with E-state index in [1.165, 1.54) is 12.4 Å². The molecule has 1 aromatic carbocycles. The smallest absolute Gasteiger partial charge is 0.273 e. The van der Waals surface area contributed by atoms with E-state index in [0.29, 0.717) is 60.8 Å². The Labute approximate surface area is 166 Å². The molecular weight excluding hydrogens is 376 g/mol. The van der Waals surface area contributed by atoms with Gasteiger partial charge in [-0.2, -0.15) is 0 Å². The first kappa shape index (κ1) is 18.7. The zero-order chi connectivity index (χ0) is 20.5. The van der Waals surface area contributed by atoms with E-state index >= 15 is 0 Å².